The molecule has 2 aromatic rings. The molecule has 5 heteroatoms. The number of aryl methyl sites for hydroxylation is 1. The van der Waals surface area contributed by atoms with E-state index in [2.05, 4.69) is 21.0 Å². The number of nitrogens with zero attached hydrogens (tertiary/aromatic N) is 2. The van der Waals surface area contributed by atoms with Gasteiger partial charge in [-0.15, -0.1) is 0 Å². The van der Waals surface area contributed by atoms with Gasteiger partial charge >= 0.3 is 0 Å². The Kier molecular flexibility index (Phi) is 3.19. The highest BCUT2D eigenvalue weighted by molar-refractivity contribution is 9.10. The van der Waals surface area contributed by atoms with Crippen molar-refractivity contribution in [3.05, 3.63) is 45.8 Å². The first-order chi connectivity index (χ1) is 8.00. The monoisotopic (exact) mass is 297 g/mol. The second-order valence-electron chi connectivity index (χ2n) is 4.00. The van der Waals surface area contributed by atoms with E-state index in [0.717, 1.165) is 15.6 Å². The molecule has 1 aromatic carbocycles. The lowest BCUT2D eigenvalue weighted by Gasteiger charge is -2.16. The maximum Gasteiger partial charge on any atom is 0.125 e. The number of rotatable bonds is 2. The highest BCUT2D eigenvalue weighted by Crippen LogP contribution is 2.28. The summed E-state index contributed by atoms with van der Waals surface area (Å²) in [4.78, 5) is 0. The van der Waals surface area contributed by atoms with E-state index in [1.54, 1.807) is 16.9 Å². The highest BCUT2D eigenvalue weighted by Gasteiger charge is 2.15. The minimum absolute atomic E-state index is 0.0429. The van der Waals surface area contributed by atoms with Crippen LogP contribution in [0.5, 0.6) is 0 Å². The van der Waals surface area contributed by atoms with Crippen LogP contribution >= 0.6 is 15.9 Å². The molecular weight excluding hydrogens is 285 g/mol. The fraction of sp³-hybridized carbons (Fsp3) is 0.250. The van der Waals surface area contributed by atoms with E-state index >= 15 is 0 Å². The van der Waals surface area contributed by atoms with Crippen molar-refractivity contribution in [2.45, 2.75) is 19.9 Å². The van der Waals surface area contributed by atoms with Crippen molar-refractivity contribution in [1.29, 1.82) is 0 Å². The van der Waals surface area contributed by atoms with E-state index in [9.17, 15) is 4.39 Å². The lowest BCUT2D eigenvalue weighted by Crippen LogP contribution is -2.12. The Hall–Kier alpha value is -1.36. The van der Waals surface area contributed by atoms with Crippen LogP contribution in [-0.2, 0) is 0 Å². The topological polar surface area (TPSA) is 43.8 Å². The molecule has 17 heavy (non-hydrogen) atoms. The van der Waals surface area contributed by atoms with Crippen molar-refractivity contribution in [2.24, 2.45) is 0 Å². The Labute approximate surface area is 108 Å². The lowest BCUT2D eigenvalue weighted by atomic mass is 10.1. The van der Waals surface area contributed by atoms with Gasteiger partial charge in [0.2, 0.25) is 0 Å². The van der Waals surface area contributed by atoms with Crippen LogP contribution in [0.2, 0.25) is 0 Å². The van der Waals surface area contributed by atoms with Gasteiger partial charge in [0.1, 0.15) is 11.6 Å². The SMILES string of the molecule is Cc1cnn(C(C)c2ccc(F)cc2Br)c1N. The van der Waals surface area contributed by atoms with E-state index in [0.29, 0.717) is 5.82 Å². The van der Waals surface area contributed by atoms with Gasteiger partial charge in [-0.05, 0) is 31.5 Å². The number of hydrogen-bond donors (Lipinski definition) is 1. The zero-order chi connectivity index (χ0) is 12.6. The summed E-state index contributed by atoms with van der Waals surface area (Å²) in [5.41, 5.74) is 7.82. The average molecular weight is 298 g/mol. The van der Waals surface area contributed by atoms with Crippen molar-refractivity contribution in [2.75, 3.05) is 5.73 Å². The number of aromatic nitrogens is 2. The van der Waals surface area contributed by atoms with E-state index in [1.807, 2.05) is 13.8 Å². The van der Waals surface area contributed by atoms with Crippen molar-refractivity contribution in [3.8, 4) is 0 Å². The first-order valence-electron chi connectivity index (χ1n) is 5.25. The molecule has 0 radical (unpaired) electrons. The summed E-state index contributed by atoms with van der Waals surface area (Å²) < 4.78 is 15.5. The van der Waals surface area contributed by atoms with Gasteiger partial charge < -0.3 is 5.73 Å². The molecule has 0 spiro atoms. The Morgan fingerprint density at radius 1 is 1.47 bits per heavy atom. The molecule has 0 saturated carbocycles. The summed E-state index contributed by atoms with van der Waals surface area (Å²) in [5.74, 6) is 0.367. The maximum atomic E-state index is 13.0. The van der Waals surface area contributed by atoms with Crippen LogP contribution in [0.3, 0.4) is 0 Å². The van der Waals surface area contributed by atoms with E-state index in [4.69, 9.17) is 5.73 Å². The van der Waals surface area contributed by atoms with Gasteiger partial charge in [-0.25, -0.2) is 9.07 Å². The Morgan fingerprint density at radius 2 is 2.18 bits per heavy atom. The van der Waals surface area contributed by atoms with Crippen LogP contribution in [0, 0.1) is 12.7 Å². The number of hydrogen-bond acceptors (Lipinski definition) is 2. The molecule has 2 rings (SSSR count). The molecule has 90 valence electrons. The summed E-state index contributed by atoms with van der Waals surface area (Å²) >= 11 is 3.35. The molecule has 0 aliphatic heterocycles. The van der Waals surface area contributed by atoms with E-state index < -0.39 is 0 Å². The summed E-state index contributed by atoms with van der Waals surface area (Å²) in [6, 6.07) is 4.57. The van der Waals surface area contributed by atoms with Crippen LogP contribution in [0.15, 0.2) is 28.9 Å². The Morgan fingerprint density at radius 3 is 2.71 bits per heavy atom. The number of nitrogen functional groups attached to an aromatic ring is 1. The normalized spacial score (nSPS) is 12.7. The third-order valence-electron chi connectivity index (χ3n) is 2.81. The molecule has 0 saturated heterocycles. The summed E-state index contributed by atoms with van der Waals surface area (Å²) in [5, 5.41) is 4.23. The quantitative estimate of drug-likeness (QED) is 0.924. The van der Waals surface area contributed by atoms with Gasteiger partial charge in [0.05, 0.1) is 12.2 Å². The Balaban J connectivity index is 2.43. The first-order valence-corrected chi connectivity index (χ1v) is 6.04. The molecule has 1 heterocycles. The number of anilines is 1. The van der Waals surface area contributed by atoms with Crippen LogP contribution in [0.25, 0.3) is 0 Å². The van der Waals surface area contributed by atoms with Crippen LogP contribution < -0.4 is 5.73 Å². The van der Waals surface area contributed by atoms with Gasteiger partial charge in [-0.3, -0.25) is 0 Å². The molecule has 1 unspecified atom stereocenters. The van der Waals surface area contributed by atoms with Gasteiger partial charge in [-0.1, -0.05) is 22.0 Å². The molecule has 1 aromatic heterocycles. The molecule has 1 atom stereocenters. The molecule has 0 aliphatic rings. The largest absolute Gasteiger partial charge is 0.384 e. The Bertz CT molecular complexity index is 551. The molecular formula is C12H13BrFN3. The van der Waals surface area contributed by atoms with Crippen molar-refractivity contribution < 1.29 is 4.39 Å². The van der Waals surface area contributed by atoms with Gasteiger partial charge in [-0.2, -0.15) is 5.10 Å². The number of benzene rings is 1. The minimum atomic E-state index is -0.266. The van der Waals surface area contributed by atoms with Gasteiger partial charge in [0, 0.05) is 10.0 Å². The molecule has 0 bridgehead atoms. The summed E-state index contributed by atoms with van der Waals surface area (Å²) in [7, 11) is 0. The van der Waals surface area contributed by atoms with Crippen LogP contribution in [0.4, 0.5) is 10.2 Å². The van der Waals surface area contributed by atoms with Crippen molar-refractivity contribution in [1.82, 2.24) is 9.78 Å². The van der Waals surface area contributed by atoms with Crippen LogP contribution in [0.1, 0.15) is 24.1 Å². The highest BCUT2D eigenvalue weighted by atomic mass is 79.9. The number of halogens is 2. The third kappa shape index (κ3) is 2.20. The lowest BCUT2D eigenvalue weighted by molar-refractivity contribution is 0.567. The summed E-state index contributed by atoms with van der Waals surface area (Å²) in [6.07, 6.45) is 1.73. The molecule has 3 nitrogen and oxygen atoms in total. The predicted molar refractivity (Wildman–Crippen MR) is 69.3 cm³/mol. The van der Waals surface area contributed by atoms with E-state index in [-0.39, 0.29) is 11.9 Å². The van der Waals surface area contributed by atoms with Crippen molar-refractivity contribution >= 4 is 21.7 Å². The predicted octanol–water partition coefficient (Wildman–Crippen LogP) is 3.28. The molecule has 0 aliphatic carbocycles. The fourth-order valence-electron chi connectivity index (χ4n) is 1.74. The average Bonchev–Trinajstić information content (AvgIpc) is 2.59. The zero-order valence-electron chi connectivity index (χ0n) is 9.61. The second-order valence-corrected chi connectivity index (χ2v) is 4.85. The molecule has 0 fully saturated rings. The zero-order valence-corrected chi connectivity index (χ0v) is 11.2. The van der Waals surface area contributed by atoms with E-state index in [1.165, 1.54) is 12.1 Å². The van der Waals surface area contributed by atoms with Gasteiger partial charge in [0.25, 0.3) is 0 Å². The molecule has 0 amide bonds. The first kappa shape index (κ1) is 12.1. The standard InChI is InChI=1S/C12H13BrFN3/c1-7-6-16-17(12(7)15)8(2)10-4-3-9(14)5-11(10)13/h3-6,8H,15H2,1-2H3. The second kappa shape index (κ2) is 4.49. The van der Waals surface area contributed by atoms with Crippen LogP contribution in [-0.4, -0.2) is 9.78 Å². The maximum absolute atomic E-state index is 13.0. The smallest absolute Gasteiger partial charge is 0.125 e. The summed E-state index contributed by atoms with van der Waals surface area (Å²) in [6.45, 7) is 3.88. The molecule has 2 N–H and O–H groups in total. The third-order valence-corrected chi connectivity index (χ3v) is 3.49. The fourth-order valence-corrected chi connectivity index (χ4v) is 2.42. The number of nitrogens with two attached hydrogens (primary N) is 1. The van der Waals surface area contributed by atoms with Gasteiger partial charge in [0.15, 0.2) is 0 Å². The minimum Gasteiger partial charge on any atom is -0.384 e. The van der Waals surface area contributed by atoms with Crippen molar-refractivity contribution in [3.63, 3.8) is 0 Å².